The maximum Gasteiger partial charge on any atom is 0.141 e. The molecule has 1 saturated heterocycles. The summed E-state index contributed by atoms with van der Waals surface area (Å²) in [5.74, 6) is -0.251. The zero-order valence-electron chi connectivity index (χ0n) is 10.1. The summed E-state index contributed by atoms with van der Waals surface area (Å²) >= 11 is 0. The molecule has 2 heterocycles. The van der Waals surface area contributed by atoms with E-state index < -0.39 is 6.10 Å². The van der Waals surface area contributed by atoms with Gasteiger partial charge in [0.2, 0.25) is 0 Å². The van der Waals surface area contributed by atoms with Crippen LogP contribution in [0.3, 0.4) is 0 Å². The Labute approximate surface area is 101 Å². The number of hydrogen-bond donors (Lipinski definition) is 1. The van der Waals surface area contributed by atoms with E-state index in [1.807, 2.05) is 6.92 Å². The third-order valence-electron chi connectivity index (χ3n) is 3.34. The average molecular weight is 238 g/mol. The summed E-state index contributed by atoms with van der Waals surface area (Å²) < 4.78 is 12.7. The van der Waals surface area contributed by atoms with Gasteiger partial charge < -0.3 is 10.0 Å². The Morgan fingerprint density at radius 1 is 1.41 bits per heavy atom. The minimum absolute atomic E-state index is 0.117. The fourth-order valence-electron chi connectivity index (χ4n) is 2.33. The highest BCUT2D eigenvalue weighted by Gasteiger charge is 2.22. The molecule has 2 atom stereocenters. The maximum atomic E-state index is 12.7. The van der Waals surface area contributed by atoms with Crippen molar-refractivity contribution in [2.24, 2.45) is 5.92 Å². The number of pyridine rings is 1. The SMILES string of the molecule is CC(CN1CCCC1)C(O)c1ccc(F)cn1. The van der Waals surface area contributed by atoms with Gasteiger partial charge in [-0.05, 0) is 38.1 Å². The predicted octanol–water partition coefficient (Wildman–Crippen LogP) is 1.99. The van der Waals surface area contributed by atoms with Crippen molar-refractivity contribution in [1.82, 2.24) is 9.88 Å². The molecule has 0 saturated carbocycles. The van der Waals surface area contributed by atoms with E-state index in [0.29, 0.717) is 5.69 Å². The minimum atomic E-state index is -0.615. The van der Waals surface area contributed by atoms with Crippen LogP contribution in [0.15, 0.2) is 18.3 Å². The van der Waals surface area contributed by atoms with Gasteiger partial charge in [-0.15, -0.1) is 0 Å². The number of hydrogen-bond acceptors (Lipinski definition) is 3. The molecule has 0 spiro atoms. The summed E-state index contributed by atoms with van der Waals surface area (Å²) in [6.45, 7) is 5.12. The van der Waals surface area contributed by atoms with Gasteiger partial charge in [0.1, 0.15) is 5.82 Å². The van der Waals surface area contributed by atoms with E-state index in [0.717, 1.165) is 25.8 Å². The quantitative estimate of drug-likeness (QED) is 0.871. The molecule has 1 aromatic rings. The summed E-state index contributed by atoms with van der Waals surface area (Å²) in [6.07, 6.45) is 3.03. The van der Waals surface area contributed by atoms with Crippen LogP contribution in [-0.2, 0) is 0 Å². The molecule has 1 aromatic heterocycles. The van der Waals surface area contributed by atoms with Crippen molar-refractivity contribution in [3.8, 4) is 0 Å². The van der Waals surface area contributed by atoms with Crippen LogP contribution in [0.25, 0.3) is 0 Å². The summed E-state index contributed by atoms with van der Waals surface area (Å²) in [5.41, 5.74) is 0.554. The van der Waals surface area contributed by atoms with E-state index in [-0.39, 0.29) is 11.7 Å². The number of aliphatic hydroxyl groups is 1. The molecule has 0 aromatic carbocycles. The van der Waals surface area contributed by atoms with Gasteiger partial charge in [-0.25, -0.2) is 4.39 Å². The van der Waals surface area contributed by atoms with Crippen LogP contribution in [0.5, 0.6) is 0 Å². The van der Waals surface area contributed by atoms with Crippen LogP contribution in [0.1, 0.15) is 31.6 Å². The molecule has 1 aliphatic heterocycles. The van der Waals surface area contributed by atoms with Crippen LogP contribution in [0.4, 0.5) is 4.39 Å². The third kappa shape index (κ3) is 3.23. The molecule has 17 heavy (non-hydrogen) atoms. The van der Waals surface area contributed by atoms with Gasteiger partial charge in [0, 0.05) is 12.5 Å². The van der Waals surface area contributed by atoms with Crippen molar-refractivity contribution >= 4 is 0 Å². The van der Waals surface area contributed by atoms with Crippen molar-refractivity contribution in [2.75, 3.05) is 19.6 Å². The van der Waals surface area contributed by atoms with Crippen molar-refractivity contribution in [3.63, 3.8) is 0 Å². The van der Waals surface area contributed by atoms with Gasteiger partial charge in [0.25, 0.3) is 0 Å². The van der Waals surface area contributed by atoms with Crippen LogP contribution in [0, 0.1) is 11.7 Å². The normalized spacial score (nSPS) is 20.4. The smallest absolute Gasteiger partial charge is 0.141 e. The molecule has 0 bridgehead atoms. The van der Waals surface area contributed by atoms with Crippen LogP contribution < -0.4 is 0 Å². The fourth-order valence-corrected chi connectivity index (χ4v) is 2.33. The summed E-state index contributed by atoms with van der Waals surface area (Å²) in [7, 11) is 0. The number of aromatic nitrogens is 1. The Hall–Kier alpha value is -1.00. The summed E-state index contributed by atoms with van der Waals surface area (Å²) in [4.78, 5) is 6.29. The lowest BCUT2D eigenvalue weighted by molar-refractivity contribution is 0.0908. The molecule has 1 aliphatic rings. The molecule has 4 heteroatoms. The minimum Gasteiger partial charge on any atom is -0.386 e. The van der Waals surface area contributed by atoms with Crippen LogP contribution in [0.2, 0.25) is 0 Å². The van der Waals surface area contributed by atoms with Gasteiger partial charge in [0.15, 0.2) is 0 Å². The highest BCUT2D eigenvalue weighted by Crippen LogP contribution is 2.22. The van der Waals surface area contributed by atoms with E-state index in [2.05, 4.69) is 9.88 Å². The van der Waals surface area contributed by atoms with Crippen molar-refractivity contribution < 1.29 is 9.50 Å². The molecule has 3 nitrogen and oxygen atoms in total. The highest BCUT2D eigenvalue weighted by molar-refractivity contribution is 5.08. The lowest BCUT2D eigenvalue weighted by Crippen LogP contribution is -2.28. The first kappa shape index (κ1) is 12.5. The first-order valence-electron chi connectivity index (χ1n) is 6.18. The largest absolute Gasteiger partial charge is 0.386 e. The topological polar surface area (TPSA) is 36.4 Å². The second-order valence-corrected chi connectivity index (χ2v) is 4.83. The summed E-state index contributed by atoms with van der Waals surface area (Å²) in [5, 5.41) is 10.1. The van der Waals surface area contributed by atoms with Crippen molar-refractivity contribution in [3.05, 3.63) is 29.8 Å². The van der Waals surface area contributed by atoms with Crippen LogP contribution in [-0.4, -0.2) is 34.6 Å². The highest BCUT2D eigenvalue weighted by atomic mass is 19.1. The molecule has 0 aliphatic carbocycles. The lowest BCUT2D eigenvalue weighted by Gasteiger charge is -2.24. The van der Waals surface area contributed by atoms with E-state index in [4.69, 9.17) is 0 Å². The first-order chi connectivity index (χ1) is 8.16. The monoisotopic (exact) mass is 238 g/mol. The average Bonchev–Trinajstić information content (AvgIpc) is 2.82. The lowest BCUT2D eigenvalue weighted by atomic mass is 10.0. The second kappa shape index (κ2) is 5.56. The van der Waals surface area contributed by atoms with E-state index >= 15 is 0 Å². The standard InChI is InChI=1S/C13H19FN2O/c1-10(9-16-6-2-3-7-16)13(17)12-5-4-11(14)8-15-12/h4-5,8,10,13,17H,2-3,6-7,9H2,1H3. The Morgan fingerprint density at radius 2 is 2.12 bits per heavy atom. The Morgan fingerprint density at radius 3 is 2.71 bits per heavy atom. The van der Waals surface area contributed by atoms with Gasteiger partial charge in [0.05, 0.1) is 18.0 Å². The fraction of sp³-hybridized carbons (Fsp3) is 0.615. The maximum absolute atomic E-state index is 12.7. The molecule has 94 valence electrons. The molecular formula is C13H19FN2O. The second-order valence-electron chi connectivity index (χ2n) is 4.83. The molecule has 0 amide bonds. The molecule has 1 N–H and O–H groups in total. The van der Waals surface area contributed by atoms with Gasteiger partial charge in [-0.2, -0.15) is 0 Å². The number of aliphatic hydroxyl groups excluding tert-OH is 1. The molecule has 2 unspecified atom stereocenters. The third-order valence-corrected chi connectivity index (χ3v) is 3.34. The van der Waals surface area contributed by atoms with Crippen molar-refractivity contribution in [1.29, 1.82) is 0 Å². The first-order valence-corrected chi connectivity index (χ1v) is 6.18. The Bertz CT molecular complexity index is 349. The number of likely N-dealkylation sites (tertiary alicyclic amines) is 1. The molecular weight excluding hydrogens is 219 g/mol. The van der Waals surface area contributed by atoms with Crippen molar-refractivity contribution in [2.45, 2.75) is 25.9 Å². The number of rotatable bonds is 4. The van der Waals surface area contributed by atoms with E-state index in [9.17, 15) is 9.50 Å². The predicted molar refractivity (Wildman–Crippen MR) is 64.0 cm³/mol. The zero-order chi connectivity index (χ0) is 12.3. The molecule has 2 rings (SSSR count). The number of halogens is 1. The van der Waals surface area contributed by atoms with Gasteiger partial charge >= 0.3 is 0 Å². The summed E-state index contributed by atoms with van der Waals surface area (Å²) in [6, 6.07) is 2.90. The van der Waals surface area contributed by atoms with Gasteiger partial charge in [-0.3, -0.25) is 4.98 Å². The van der Waals surface area contributed by atoms with E-state index in [1.54, 1.807) is 6.07 Å². The van der Waals surface area contributed by atoms with Crippen LogP contribution >= 0.6 is 0 Å². The zero-order valence-corrected chi connectivity index (χ0v) is 10.1. The number of nitrogens with zero attached hydrogens (tertiary/aromatic N) is 2. The Kier molecular flexibility index (Phi) is 4.07. The Balaban J connectivity index is 1.93. The van der Waals surface area contributed by atoms with E-state index in [1.165, 1.54) is 18.9 Å². The molecule has 0 radical (unpaired) electrons. The van der Waals surface area contributed by atoms with Gasteiger partial charge in [-0.1, -0.05) is 6.92 Å². The molecule has 1 fully saturated rings.